The number of hydrogen-bond donors (Lipinski definition) is 0. The van der Waals surface area contributed by atoms with Gasteiger partial charge in [0.25, 0.3) is 5.91 Å². The lowest BCUT2D eigenvalue weighted by atomic mass is 10.2. The SMILES string of the molecule is CN(Cc1cccnc1)C(=O)C1CCCO1. The molecule has 0 aliphatic carbocycles. The maximum absolute atomic E-state index is 11.9. The second kappa shape index (κ2) is 5.07. The molecule has 1 aliphatic heterocycles. The number of amides is 1. The second-order valence-corrected chi connectivity index (χ2v) is 4.06. The van der Waals surface area contributed by atoms with Gasteiger partial charge in [-0.1, -0.05) is 6.07 Å². The van der Waals surface area contributed by atoms with E-state index in [0.717, 1.165) is 18.4 Å². The Bertz CT molecular complexity index is 347. The molecule has 1 aromatic heterocycles. The van der Waals surface area contributed by atoms with E-state index in [2.05, 4.69) is 4.98 Å². The molecule has 4 heteroatoms. The van der Waals surface area contributed by atoms with Crippen LogP contribution in [0.15, 0.2) is 24.5 Å². The Kier molecular flexibility index (Phi) is 3.51. The number of ether oxygens (including phenoxy) is 1. The largest absolute Gasteiger partial charge is 0.368 e. The summed E-state index contributed by atoms with van der Waals surface area (Å²) in [5.74, 6) is 0.0707. The van der Waals surface area contributed by atoms with Gasteiger partial charge in [0.15, 0.2) is 0 Å². The summed E-state index contributed by atoms with van der Waals surface area (Å²) in [4.78, 5) is 17.7. The van der Waals surface area contributed by atoms with E-state index in [-0.39, 0.29) is 12.0 Å². The lowest BCUT2D eigenvalue weighted by Crippen LogP contribution is -2.35. The molecule has 1 fully saturated rings. The van der Waals surface area contributed by atoms with Crippen LogP contribution in [0, 0.1) is 0 Å². The van der Waals surface area contributed by atoms with Crippen LogP contribution in [0.1, 0.15) is 18.4 Å². The molecule has 4 nitrogen and oxygen atoms in total. The quantitative estimate of drug-likeness (QED) is 0.769. The molecule has 1 saturated heterocycles. The lowest BCUT2D eigenvalue weighted by molar-refractivity contribution is -0.140. The first-order chi connectivity index (χ1) is 7.77. The fourth-order valence-corrected chi connectivity index (χ4v) is 1.86. The van der Waals surface area contributed by atoms with Crippen molar-refractivity contribution >= 4 is 5.91 Å². The molecule has 0 aromatic carbocycles. The molecule has 16 heavy (non-hydrogen) atoms. The smallest absolute Gasteiger partial charge is 0.251 e. The Morgan fingerprint density at radius 3 is 3.19 bits per heavy atom. The van der Waals surface area contributed by atoms with Gasteiger partial charge in [0.1, 0.15) is 6.10 Å². The third kappa shape index (κ3) is 2.58. The third-order valence-electron chi connectivity index (χ3n) is 2.72. The number of pyridine rings is 1. The number of hydrogen-bond acceptors (Lipinski definition) is 3. The minimum absolute atomic E-state index is 0.0707. The molecule has 0 saturated carbocycles. The van der Waals surface area contributed by atoms with Gasteiger partial charge in [-0.25, -0.2) is 0 Å². The van der Waals surface area contributed by atoms with Gasteiger partial charge in [-0.3, -0.25) is 9.78 Å². The van der Waals surface area contributed by atoms with Crippen LogP contribution in [0.3, 0.4) is 0 Å². The van der Waals surface area contributed by atoms with Crippen LogP contribution in [0.25, 0.3) is 0 Å². The molecule has 1 aliphatic rings. The van der Waals surface area contributed by atoms with Crippen molar-refractivity contribution in [2.45, 2.75) is 25.5 Å². The summed E-state index contributed by atoms with van der Waals surface area (Å²) >= 11 is 0. The minimum atomic E-state index is -0.235. The van der Waals surface area contributed by atoms with Crippen molar-refractivity contribution < 1.29 is 9.53 Å². The van der Waals surface area contributed by atoms with Gasteiger partial charge >= 0.3 is 0 Å². The van der Waals surface area contributed by atoms with E-state index in [9.17, 15) is 4.79 Å². The Balaban J connectivity index is 1.92. The summed E-state index contributed by atoms with van der Waals surface area (Å²) in [5, 5.41) is 0. The van der Waals surface area contributed by atoms with Crippen molar-refractivity contribution in [3.05, 3.63) is 30.1 Å². The lowest BCUT2D eigenvalue weighted by Gasteiger charge is -2.20. The molecule has 0 N–H and O–H groups in total. The number of rotatable bonds is 3. The number of carbonyl (C=O) groups is 1. The van der Waals surface area contributed by atoms with E-state index in [0.29, 0.717) is 13.2 Å². The summed E-state index contributed by atoms with van der Waals surface area (Å²) in [5.41, 5.74) is 1.04. The van der Waals surface area contributed by atoms with E-state index in [4.69, 9.17) is 4.74 Å². The van der Waals surface area contributed by atoms with Crippen molar-refractivity contribution in [2.24, 2.45) is 0 Å². The topological polar surface area (TPSA) is 42.4 Å². The fourth-order valence-electron chi connectivity index (χ4n) is 1.86. The Hall–Kier alpha value is -1.42. The van der Waals surface area contributed by atoms with Crippen LogP contribution < -0.4 is 0 Å². The van der Waals surface area contributed by atoms with Gasteiger partial charge in [0.2, 0.25) is 0 Å². The van der Waals surface area contributed by atoms with E-state index < -0.39 is 0 Å². The van der Waals surface area contributed by atoms with Gasteiger partial charge in [-0.2, -0.15) is 0 Å². The van der Waals surface area contributed by atoms with Gasteiger partial charge in [-0.05, 0) is 24.5 Å². The molecule has 2 heterocycles. The minimum Gasteiger partial charge on any atom is -0.368 e. The molecule has 0 bridgehead atoms. The van der Waals surface area contributed by atoms with Crippen molar-refractivity contribution in [3.8, 4) is 0 Å². The molecule has 2 rings (SSSR count). The van der Waals surface area contributed by atoms with Crippen molar-refractivity contribution in [1.29, 1.82) is 0 Å². The van der Waals surface area contributed by atoms with E-state index in [1.807, 2.05) is 12.1 Å². The first kappa shape index (κ1) is 11.1. The van der Waals surface area contributed by atoms with E-state index >= 15 is 0 Å². The zero-order valence-corrected chi connectivity index (χ0v) is 9.43. The molecule has 1 atom stereocenters. The average molecular weight is 220 g/mol. The maximum Gasteiger partial charge on any atom is 0.251 e. The number of likely N-dealkylation sites (N-methyl/N-ethyl adjacent to an activating group) is 1. The highest BCUT2D eigenvalue weighted by atomic mass is 16.5. The number of aromatic nitrogens is 1. The normalized spacial score (nSPS) is 19.7. The van der Waals surface area contributed by atoms with Gasteiger partial charge in [-0.15, -0.1) is 0 Å². The van der Waals surface area contributed by atoms with Crippen LogP contribution >= 0.6 is 0 Å². The highest BCUT2D eigenvalue weighted by molar-refractivity contribution is 5.80. The van der Waals surface area contributed by atoms with Crippen LogP contribution in [0.2, 0.25) is 0 Å². The highest BCUT2D eigenvalue weighted by Gasteiger charge is 2.26. The standard InChI is InChI=1S/C12H16N2O2/c1-14(9-10-4-2-6-13-8-10)12(15)11-5-3-7-16-11/h2,4,6,8,11H,3,5,7,9H2,1H3. The summed E-state index contributed by atoms with van der Waals surface area (Å²) < 4.78 is 5.37. The van der Waals surface area contributed by atoms with E-state index in [1.54, 1.807) is 24.3 Å². The van der Waals surface area contributed by atoms with Crippen molar-refractivity contribution in [2.75, 3.05) is 13.7 Å². The molecule has 86 valence electrons. The van der Waals surface area contributed by atoms with Gasteiger partial charge in [0, 0.05) is 32.6 Å². The fraction of sp³-hybridized carbons (Fsp3) is 0.500. The summed E-state index contributed by atoms with van der Waals surface area (Å²) in [7, 11) is 1.80. The monoisotopic (exact) mass is 220 g/mol. The third-order valence-corrected chi connectivity index (χ3v) is 2.72. The molecule has 0 radical (unpaired) electrons. The van der Waals surface area contributed by atoms with Crippen LogP contribution in [-0.2, 0) is 16.1 Å². The predicted octanol–water partition coefficient (Wildman–Crippen LogP) is 1.22. The summed E-state index contributed by atoms with van der Waals surface area (Å²) in [6.45, 7) is 1.30. The van der Waals surface area contributed by atoms with Crippen LogP contribution in [0.5, 0.6) is 0 Å². The van der Waals surface area contributed by atoms with Gasteiger partial charge < -0.3 is 9.64 Å². The molecular formula is C12H16N2O2. The first-order valence-corrected chi connectivity index (χ1v) is 5.53. The highest BCUT2D eigenvalue weighted by Crippen LogP contribution is 2.15. The maximum atomic E-state index is 11.9. The van der Waals surface area contributed by atoms with Crippen molar-refractivity contribution in [1.82, 2.24) is 9.88 Å². The molecular weight excluding hydrogens is 204 g/mol. The summed E-state index contributed by atoms with van der Waals surface area (Å²) in [6, 6.07) is 3.84. The predicted molar refractivity (Wildman–Crippen MR) is 59.7 cm³/mol. The molecule has 1 unspecified atom stereocenters. The summed E-state index contributed by atoms with van der Waals surface area (Å²) in [6.07, 6.45) is 5.10. The molecule has 1 amide bonds. The van der Waals surface area contributed by atoms with Crippen molar-refractivity contribution in [3.63, 3.8) is 0 Å². The Morgan fingerprint density at radius 1 is 1.69 bits per heavy atom. The molecule has 0 spiro atoms. The Labute approximate surface area is 95.2 Å². The number of carbonyl (C=O) groups excluding carboxylic acids is 1. The second-order valence-electron chi connectivity index (χ2n) is 4.06. The average Bonchev–Trinajstić information content (AvgIpc) is 2.83. The first-order valence-electron chi connectivity index (χ1n) is 5.53. The van der Waals surface area contributed by atoms with Crippen LogP contribution in [-0.4, -0.2) is 35.5 Å². The van der Waals surface area contributed by atoms with Gasteiger partial charge in [0.05, 0.1) is 0 Å². The zero-order chi connectivity index (χ0) is 11.4. The zero-order valence-electron chi connectivity index (χ0n) is 9.43. The van der Waals surface area contributed by atoms with E-state index in [1.165, 1.54) is 0 Å². The number of nitrogens with zero attached hydrogens (tertiary/aromatic N) is 2. The van der Waals surface area contributed by atoms with Crippen LogP contribution in [0.4, 0.5) is 0 Å². The molecule has 1 aromatic rings. The Morgan fingerprint density at radius 2 is 2.56 bits per heavy atom.